The Bertz CT molecular complexity index is 606. The van der Waals surface area contributed by atoms with Gasteiger partial charge in [-0.2, -0.15) is 0 Å². The Hall–Kier alpha value is -2.14. The van der Waals surface area contributed by atoms with Crippen molar-refractivity contribution in [2.75, 3.05) is 5.32 Å². The molecule has 2 aromatic rings. The van der Waals surface area contributed by atoms with Gasteiger partial charge in [0.15, 0.2) is 0 Å². The highest BCUT2D eigenvalue weighted by atomic mass is 79.9. The summed E-state index contributed by atoms with van der Waals surface area (Å²) in [5.74, 6) is -1.50. The number of carbonyl (C=O) groups is 2. The molecule has 5 heteroatoms. The van der Waals surface area contributed by atoms with Crippen molar-refractivity contribution in [3.63, 3.8) is 0 Å². The number of carboxylic acids is 1. The Morgan fingerprint density at radius 3 is 1.95 bits per heavy atom. The Morgan fingerprint density at radius 2 is 1.42 bits per heavy atom. The lowest BCUT2D eigenvalue weighted by molar-refractivity contribution is -0.255. The van der Waals surface area contributed by atoms with Gasteiger partial charge in [0, 0.05) is 15.7 Å². The zero-order valence-corrected chi connectivity index (χ0v) is 11.3. The van der Waals surface area contributed by atoms with E-state index in [4.69, 9.17) is 0 Å². The van der Waals surface area contributed by atoms with E-state index < -0.39 is 5.97 Å². The summed E-state index contributed by atoms with van der Waals surface area (Å²) in [5.41, 5.74) is 1.12. The number of amides is 1. The molecule has 1 amide bonds. The zero-order valence-electron chi connectivity index (χ0n) is 9.72. The first-order chi connectivity index (χ1) is 9.06. The van der Waals surface area contributed by atoms with Crippen LogP contribution in [-0.4, -0.2) is 11.9 Å². The number of hydrogen-bond acceptors (Lipinski definition) is 3. The number of carbonyl (C=O) groups excluding carboxylic acids is 2. The van der Waals surface area contributed by atoms with Crippen LogP contribution in [0, 0.1) is 0 Å². The SMILES string of the molecule is O=C([O-])c1ccc(NC(=O)c2ccc(Br)cc2)cc1. The maximum absolute atomic E-state index is 11.9. The lowest BCUT2D eigenvalue weighted by Crippen LogP contribution is -2.22. The molecule has 2 aromatic carbocycles. The second-order valence-electron chi connectivity index (χ2n) is 3.83. The smallest absolute Gasteiger partial charge is 0.255 e. The molecule has 0 saturated carbocycles. The Morgan fingerprint density at radius 1 is 0.895 bits per heavy atom. The summed E-state index contributed by atoms with van der Waals surface area (Å²) in [7, 11) is 0. The third-order valence-corrected chi connectivity index (χ3v) is 3.01. The van der Waals surface area contributed by atoms with E-state index in [1.165, 1.54) is 24.3 Å². The number of rotatable bonds is 3. The van der Waals surface area contributed by atoms with Crippen LogP contribution < -0.4 is 10.4 Å². The molecule has 0 saturated heterocycles. The molecule has 0 bridgehead atoms. The van der Waals surface area contributed by atoms with Gasteiger partial charge in [-0.1, -0.05) is 28.1 Å². The maximum atomic E-state index is 11.9. The van der Waals surface area contributed by atoms with Crippen molar-refractivity contribution in [2.45, 2.75) is 0 Å². The van der Waals surface area contributed by atoms with E-state index in [-0.39, 0.29) is 11.5 Å². The standard InChI is InChI=1S/C14H10BrNO3/c15-11-5-1-9(2-6-11)13(17)16-12-7-3-10(4-8-12)14(18)19/h1-8H,(H,16,17)(H,18,19)/p-1. The van der Waals surface area contributed by atoms with Crippen molar-refractivity contribution in [2.24, 2.45) is 0 Å². The molecule has 0 atom stereocenters. The minimum atomic E-state index is -1.24. The van der Waals surface area contributed by atoms with Crippen molar-refractivity contribution >= 4 is 33.5 Å². The Labute approximate surface area is 118 Å². The van der Waals surface area contributed by atoms with Crippen molar-refractivity contribution in [3.05, 3.63) is 64.1 Å². The normalized spacial score (nSPS) is 9.95. The fourth-order valence-electron chi connectivity index (χ4n) is 1.49. The predicted molar refractivity (Wildman–Crippen MR) is 72.9 cm³/mol. The van der Waals surface area contributed by atoms with Crippen molar-refractivity contribution in [3.8, 4) is 0 Å². The van der Waals surface area contributed by atoms with Gasteiger partial charge in [0.1, 0.15) is 0 Å². The molecule has 2 rings (SSSR count). The molecule has 4 nitrogen and oxygen atoms in total. The summed E-state index contributed by atoms with van der Waals surface area (Å²) in [6, 6.07) is 12.7. The molecule has 1 N–H and O–H groups in total. The molecule has 0 aromatic heterocycles. The van der Waals surface area contributed by atoms with Crippen molar-refractivity contribution < 1.29 is 14.7 Å². The molecule has 0 aliphatic carbocycles. The molecule has 0 unspecified atom stereocenters. The van der Waals surface area contributed by atoms with E-state index in [1.54, 1.807) is 24.3 Å². The number of benzene rings is 2. The molecule has 96 valence electrons. The molecule has 0 aliphatic rings. The van der Waals surface area contributed by atoms with Crippen LogP contribution in [0.2, 0.25) is 0 Å². The minimum absolute atomic E-state index is 0.0710. The molecular formula is C14H9BrNO3-. The number of nitrogens with one attached hydrogen (secondary N) is 1. The summed E-state index contributed by atoms with van der Waals surface area (Å²) in [6.07, 6.45) is 0. The van der Waals surface area contributed by atoms with Gasteiger partial charge in [0.05, 0.1) is 5.97 Å². The quantitative estimate of drug-likeness (QED) is 0.941. The highest BCUT2D eigenvalue weighted by Crippen LogP contribution is 2.13. The van der Waals surface area contributed by atoms with E-state index in [2.05, 4.69) is 21.2 Å². The second kappa shape index (κ2) is 5.67. The minimum Gasteiger partial charge on any atom is -0.545 e. The summed E-state index contributed by atoms with van der Waals surface area (Å²) in [5, 5.41) is 13.3. The largest absolute Gasteiger partial charge is 0.545 e. The highest BCUT2D eigenvalue weighted by Gasteiger charge is 2.05. The van der Waals surface area contributed by atoms with Gasteiger partial charge in [0.2, 0.25) is 0 Å². The van der Waals surface area contributed by atoms with Gasteiger partial charge in [-0.05, 0) is 42.0 Å². The van der Waals surface area contributed by atoms with Crippen LogP contribution >= 0.6 is 15.9 Å². The number of carboxylic acid groups (broad SMARTS) is 1. The summed E-state index contributed by atoms with van der Waals surface area (Å²) < 4.78 is 0.891. The third kappa shape index (κ3) is 3.42. The number of anilines is 1. The third-order valence-electron chi connectivity index (χ3n) is 2.48. The van der Waals surface area contributed by atoms with Crippen LogP contribution in [0.4, 0.5) is 5.69 Å². The van der Waals surface area contributed by atoms with E-state index in [0.717, 1.165) is 4.47 Å². The average Bonchev–Trinajstić information content (AvgIpc) is 2.40. The Balaban J connectivity index is 2.10. The van der Waals surface area contributed by atoms with E-state index in [9.17, 15) is 14.7 Å². The average molecular weight is 319 g/mol. The fraction of sp³-hybridized carbons (Fsp3) is 0. The van der Waals surface area contributed by atoms with Crippen molar-refractivity contribution in [1.82, 2.24) is 0 Å². The van der Waals surface area contributed by atoms with Crippen LogP contribution in [-0.2, 0) is 0 Å². The van der Waals surface area contributed by atoms with Gasteiger partial charge in [-0.3, -0.25) is 4.79 Å². The summed E-state index contributed by atoms with van der Waals surface area (Å²) in [6.45, 7) is 0. The van der Waals surface area contributed by atoms with Gasteiger partial charge in [-0.25, -0.2) is 0 Å². The molecule has 19 heavy (non-hydrogen) atoms. The lowest BCUT2D eigenvalue weighted by Gasteiger charge is -2.07. The number of halogens is 1. The van der Waals surface area contributed by atoms with E-state index >= 15 is 0 Å². The van der Waals surface area contributed by atoms with E-state index in [0.29, 0.717) is 11.3 Å². The first kappa shape index (κ1) is 13.3. The fourth-order valence-corrected chi connectivity index (χ4v) is 1.76. The molecule has 0 heterocycles. The lowest BCUT2D eigenvalue weighted by atomic mass is 10.2. The Kier molecular flexibility index (Phi) is 3.97. The van der Waals surface area contributed by atoms with Gasteiger partial charge in [-0.15, -0.1) is 0 Å². The molecule has 0 aliphatic heterocycles. The van der Waals surface area contributed by atoms with E-state index in [1.807, 2.05) is 0 Å². The predicted octanol–water partition coefficient (Wildman–Crippen LogP) is 2.06. The number of hydrogen-bond donors (Lipinski definition) is 1. The molecule has 0 radical (unpaired) electrons. The summed E-state index contributed by atoms with van der Waals surface area (Å²) in [4.78, 5) is 22.5. The summed E-state index contributed by atoms with van der Waals surface area (Å²) >= 11 is 3.29. The highest BCUT2D eigenvalue weighted by molar-refractivity contribution is 9.10. The monoisotopic (exact) mass is 318 g/mol. The molecule has 0 fully saturated rings. The first-order valence-corrected chi connectivity index (χ1v) is 6.24. The second-order valence-corrected chi connectivity index (χ2v) is 4.74. The van der Waals surface area contributed by atoms with Crippen LogP contribution in [0.5, 0.6) is 0 Å². The van der Waals surface area contributed by atoms with Gasteiger partial charge < -0.3 is 15.2 Å². The van der Waals surface area contributed by atoms with Crippen LogP contribution in [0.15, 0.2) is 53.0 Å². The molecular weight excluding hydrogens is 310 g/mol. The van der Waals surface area contributed by atoms with Crippen LogP contribution in [0.3, 0.4) is 0 Å². The van der Waals surface area contributed by atoms with Crippen LogP contribution in [0.1, 0.15) is 20.7 Å². The van der Waals surface area contributed by atoms with Crippen molar-refractivity contribution in [1.29, 1.82) is 0 Å². The molecule has 0 spiro atoms. The number of aromatic carboxylic acids is 1. The maximum Gasteiger partial charge on any atom is 0.255 e. The topological polar surface area (TPSA) is 69.2 Å². The van der Waals surface area contributed by atoms with Crippen LogP contribution in [0.25, 0.3) is 0 Å². The first-order valence-electron chi connectivity index (χ1n) is 5.44. The van der Waals surface area contributed by atoms with Gasteiger partial charge in [0.25, 0.3) is 5.91 Å². The zero-order chi connectivity index (χ0) is 13.8. The van der Waals surface area contributed by atoms with Gasteiger partial charge >= 0.3 is 0 Å².